The fourth-order valence-electron chi connectivity index (χ4n) is 5.19. The van der Waals surface area contributed by atoms with Gasteiger partial charge in [-0.25, -0.2) is 22.2 Å². The van der Waals surface area contributed by atoms with Crippen molar-refractivity contribution in [2.75, 3.05) is 22.4 Å². The van der Waals surface area contributed by atoms with Gasteiger partial charge in [-0.15, -0.1) is 0 Å². The Morgan fingerprint density at radius 1 is 1.12 bits per heavy atom. The number of fused-ring (bicyclic) bond motifs is 2. The number of benzene rings is 2. The maximum atomic E-state index is 13.5. The second kappa shape index (κ2) is 8.19. The van der Waals surface area contributed by atoms with Gasteiger partial charge >= 0.3 is 0 Å². The van der Waals surface area contributed by atoms with Crippen LogP contribution < -0.4 is 9.62 Å². The highest BCUT2D eigenvalue weighted by atomic mass is 32.2. The van der Waals surface area contributed by atoms with Gasteiger partial charge in [-0.2, -0.15) is 0 Å². The van der Waals surface area contributed by atoms with E-state index in [0.29, 0.717) is 38.0 Å². The van der Waals surface area contributed by atoms with Gasteiger partial charge < -0.3 is 9.88 Å². The minimum Gasteiger partial charge on any atom is -0.309 e. The molecule has 2 aromatic carbocycles. The molecule has 1 aliphatic heterocycles. The summed E-state index contributed by atoms with van der Waals surface area (Å²) in [4.78, 5) is 17.0. The smallest absolute Gasteiger partial charge is 0.232 e. The lowest BCUT2D eigenvalue weighted by molar-refractivity contribution is -0.121. The lowest BCUT2D eigenvalue weighted by Crippen LogP contribution is -2.40. The molecule has 2 aliphatic rings. The standard InChI is InChI=1S/C24H24F2N4O3S/c1-34(32,33)30-14-24(20-4-2-3-5-21(20)30)8-6-16(7-9-24)23(31)28-22-13-29(15-27-22)19-11-17(25)10-18(26)12-19/h2-5,10-13,15-16H,6-9,14H2,1H3,(H,28,31)/t16-,24-. The van der Waals surface area contributed by atoms with Crippen LogP contribution in [0.1, 0.15) is 31.2 Å². The molecule has 0 radical (unpaired) electrons. The van der Waals surface area contributed by atoms with Crippen molar-refractivity contribution in [1.29, 1.82) is 0 Å². The number of amides is 1. The highest BCUT2D eigenvalue weighted by molar-refractivity contribution is 7.92. The van der Waals surface area contributed by atoms with Crippen LogP contribution in [0.5, 0.6) is 0 Å². The molecule has 178 valence electrons. The highest BCUT2D eigenvalue weighted by Gasteiger charge is 2.47. The van der Waals surface area contributed by atoms with E-state index in [2.05, 4.69) is 10.3 Å². The number of aromatic nitrogens is 2. The average Bonchev–Trinajstić information content (AvgIpc) is 3.37. The Bertz CT molecular complexity index is 1340. The minimum atomic E-state index is -3.39. The molecule has 1 N–H and O–H groups in total. The second-order valence-electron chi connectivity index (χ2n) is 9.12. The van der Waals surface area contributed by atoms with Gasteiger partial charge in [-0.05, 0) is 49.4 Å². The lowest BCUT2D eigenvalue weighted by Gasteiger charge is -2.37. The molecule has 1 saturated carbocycles. The molecular weight excluding hydrogens is 462 g/mol. The van der Waals surface area contributed by atoms with E-state index >= 15 is 0 Å². The average molecular weight is 487 g/mol. The van der Waals surface area contributed by atoms with Gasteiger partial charge in [0.25, 0.3) is 0 Å². The van der Waals surface area contributed by atoms with E-state index in [9.17, 15) is 22.0 Å². The van der Waals surface area contributed by atoms with Crippen molar-refractivity contribution >= 4 is 27.4 Å². The quantitative estimate of drug-likeness (QED) is 0.604. The van der Waals surface area contributed by atoms with E-state index in [0.717, 1.165) is 17.3 Å². The van der Waals surface area contributed by atoms with Gasteiger partial charge in [0.1, 0.15) is 18.0 Å². The first-order chi connectivity index (χ1) is 16.1. The molecule has 10 heteroatoms. The predicted octanol–water partition coefficient (Wildman–Crippen LogP) is 4.00. The van der Waals surface area contributed by atoms with E-state index in [1.165, 1.54) is 39.8 Å². The topological polar surface area (TPSA) is 84.3 Å². The summed E-state index contributed by atoms with van der Waals surface area (Å²) < 4.78 is 54.6. The van der Waals surface area contributed by atoms with Crippen molar-refractivity contribution in [1.82, 2.24) is 9.55 Å². The maximum Gasteiger partial charge on any atom is 0.232 e. The number of hydrogen-bond donors (Lipinski definition) is 1. The number of sulfonamides is 1. The number of halogens is 2. The molecule has 0 unspecified atom stereocenters. The summed E-state index contributed by atoms with van der Waals surface area (Å²) in [6, 6.07) is 10.7. The molecular formula is C24H24F2N4O3S. The van der Waals surface area contributed by atoms with Crippen LogP contribution in [0.3, 0.4) is 0 Å². The third-order valence-corrected chi connectivity index (χ3v) is 8.01. The molecule has 0 bridgehead atoms. The summed E-state index contributed by atoms with van der Waals surface area (Å²) in [5, 5.41) is 2.80. The number of nitrogens with one attached hydrogen (secondary N) is 1. The third kappa shape index (κ3) is 4.06. The maximum absolute atomic E-state index is 13.5. The van der Waals surface area contributed by atoms with Crippen molar-refractivity contribution in [3.05, 3.63) is 72.2 Å². The summed E-state index contributed by atoms with van der Waals surface area (Å²) in [5.74, 6) is -1.51. The van der Waals surface area contributed by atoms with Crippen molar-refractivity contribution in [2.24, 2.45) is 5.92 Å². The fourth-order valence-corrected chi connectivity index (χ4v) is 6.18. The van der Waals surface area contributed by atoms with E-state index in [4.69, 9.17) is 0 Å². The predicted molar refractivity (Wildman–Crippen MR) is 124 cm³/mol. The van der Waals surface area contributed by atoms with Crippen LogP contribution >= 0.6 is 0 Å². The SMILES string of the molecule is CS(=O)(=O)N1C[C@]2(CC[C@@H](C(=O)Nc3cn(-c4cc(F)cc(F)c4)cn3)CC2)c2ccccc21. The Kier molecular flexibility index (Phi) is 5.43. The van der Waals surface area contributed by atoms with Crippen molar-refractivity contribution in [3.63, 3.8) is 0 Å². The summed E-state index contributed by atoms with van der Waals surface area (Å²) >= 11 is 0. The number of carbonyl (C=O) groups excluding carboxylic acids is 1. The molecule has 1 spiro atoms. The number of rotatable bonds is 4. The molecule has 5 rings (SSSR count). The molecule has 0 saturated heterocycles. The van der Waals surface area contributed by atoms with E-state index in [-0.39, 0.29) is 22.9 Å². The van der Waals surface area contributed by atoms with Crippen LogP contribution in [-0.4, -0.2) is 36.7 Å². The normalized spacial score (nSPS) is 22.1. The molecule has 1 aliphatic carbocycles. The molecule has 7 nitrogen and oxygen atoms in total. The van der Waals surface area contributed by atoms with Crippen LogP contribution in [0.25, 0.3) is 5.69 Å². The number of imidazole rings is 1. The zero-order valence-electron chi connectivity index (χ0n) is 18.5. The molecule has 1 aromatic heterocycles. The Labute approximate surface area is 196 Å². The number of para-hydroxylation sites is 1. The minimum absolute atomic E-state index is 0.170. The monoisotopic (exact) mass is 486 g/mol. The zero-order valence-corrected chi connectivity index (χ0v) is 19.4. The molecule has 34 heavy (non-hydrogen) atoms. The first kappa shape index (κ1) is 22.5. The summed E-state index contributed by atoms with van der Waals surface area (Å²) in [7, 11) is -3.39. The third-order valence-electron chi connectivity index (χ3n) is 6.88. The largest absolute Gasteiger partial charge is 0.309 e. The summed E-state index contributed by atoms with van der Waals surface area (Å²) in [6.07, 6.45) is 6.75. The van der Waals surface area contributed by atoms with Crippen molar-refractivity contribution in [2.45, 2.75) is 31.1 Å². The zero-order chi connectivity index (χ0) is 24.1. The Hall–Kier alpha value is -3.27. The van der Waals surface area contributed by atoms with Crippen LogP contribution in [0.15, 0.2) is 55.0 Å². The van der Waals surface area contributed by atoms with Gasteiger partial charge in [0.05, 0.1) is 23.8 Å². The van der Waals surface area contributed by atoms with E-state index < -0.39 is 21.7 Å². The molecule has 2 heterocycles. The van der Waals surface area contributed by atoms with Gasteiger partial charge in [-0.3, -0.25) is 9.10 Å². The van der Waals surface area contributed by atoms with Gasteiger partial charge in [-0.1, -0.05) is 18.2 Å². The first-order valence-electron chi connectivity index (χ1n) is 11.0. The van der Waals surface area contributed by atoms with Crippen LogP contribution in [0, 0.1) is 17.6 Å². The first-order valence-corrected chi connectivity index (χ1v) is 12.9. The van der Waals surface area contributed by atoms with Gasteiger partial charge in [0.2, 0.25) is 15.9 Å². The molecule has 1 amide bonds. The molecule has 0 atom stereocenters. The van der Waals surface area contributed by atoms with Crippen LogP contribution in [0.2, 0.25) is 0 Å². The van der Waals surface area contributed by atoms with E-state index in [1.807, 2.05) is 24.3 Å². The number of carbonyl (C=O) groups is 1. The van der Waals surface area contributed by atoms with Crippen molar-refractivity contribution in [3.8, 4) is 5.69 Å². The number of hydrogen-bond acceptors (Lipinski definition) is 4. The Morgan fingerprint density at radius 2 is 1.79 bits per heavy atom. The Balaban J connectivity index is 1.27. The van der Waals surface area contributed by atoms with Gasteiger partial charge in [0, 0.05) is 23.9 Å². The second-order valence-corrected chi connectivity index (χ2v) is 11.0. The highest BCUT2D eigenvalue weighted by Crippen LogP contribution is 2.51. The number of anilines is 2. The Morgan fingerprint density at radius 3 is 2.47 bits per heavy atom. The van der Waals surface area contributed by atoms with E-state index in [1.54, 1.807) is 0 Å². The van der Waals surface area contributed by atoms with Crippen molar-refractivity contribution < 1.29 is 22.0 Å². The van der Waals surface area contributed by atoms with Crippen LogP contribution in [0.4, 0.5) is 20.3 Å². The van der Waals surface area contributed by atoms with Crippen LogP contribution in [-0.2, 0) is 20.2 Å². The number of nitrogens with zero attached hydrogens (tertiary/aromatic N) is 3. The van der Waals surface area contributed by atoms with Gasteiger partial charge in [0.15, 0.2) is 5.82 Å². The fraction of sp³-hybridized carbons (Fsp3) is 0.333. The summed E-state index contributed by atoms with van der Waals surface area (Å²) in [6.45, 7) is 0.397. The summed E-state index contributed by atoms with van der Waals surface area (Å²) in [5.41, 5.74) is 1.73. The lowest BCUT2D eigenvalue weighted by atomic mass is 9.67. The molecule has 1 fully saturated rings. The molecule has 3 aromatic rings.